The van der Waals surface area contributed by atoms with Gasteiger partial charge in [-0.05, 0) is 65.7 Å². The molecule has 1 heterocycles. The van der Waals surface area contributed by atoms with E-state index >= 15 is 0 Å². The zero-order valence-corrected chi connectivity index (χ0v) is 17.3. The molecule has 7 heteroatoms. The fourth-order valence-electron chi connectivity index (χ4n) is 5.70. The number of hydrogen-bond acceptors (Lipinski definition) is 3. The number of ether oxygens (including phenoxy) is 1. The molecule has 0 aromatic heterocycles. The van der Waals surface area contributed by atoms with Gasteiger partial charge in [0.1, 0.15) is 5.60 Å². The van der Waals surface area contributed by atoms with Crippen molar-refractivity contribution in [1.82, 2.24) is 9.80 Å². The highest BCUT2D eigenvalue weighted by Crippen LogP contribution is 2.80. The number of rotatable bonds is 3. The SMILES string of the molecule is CCC(N1C[C@H](C)N(C(=O)OC(C)(C)C)C[C@H]1C)C12CC(C(F)(F)F)(C1)C2. The lowest BCUT2D eigenvalue weighted by atomic mass is 9.32. The molecule has 4 aliphatic rings. The van der Waals surface area contributed by atoms with Gasteiger partial charge in [-0.25, -0.2) is 4.79 Å². The van der Waals surface area contributed by atoms with Crippen molar-refractivity contribution in [2.45, 2.75) is 97.1 Å². The maximum atomic E-state index is 13.2. The molecule has 0 aromatic carbocycles. The third-order valence-corrected chi connectivity index (χ3v) is 6.83. The van der Waals surface area contributed by atoms with Crippen LogP contribution in [0.3, 0.4) is 0 Å². The number of alkyl halides is 3. The minimum absolute atomic E-state index is 0.0194. The first-order valence-corrected chi connectivity index (χ1v) is 10.1. The Morgan fingerprint density at radius 2 is 1.67 bits per heavy atom. The molecule has 0 N–H and O–H groups in total. The van der Waals surface area contributed by atoms with Crippen LogP contribution in [-0.4, -0.2) is 58.9 Å². The van der Waals surface area contributed by atoms with E-state index in [1.54, 1.807) is 4.90 Å². The zero-order valence-electron chi connectivity index (χ0n) is 17.3. The third kappa shape index (κ3) is 3.34. The molecular formula is C20H33F3N2O2. The van der Waals surface area contributed by atoms with Crippen LogP contribution in [0.1, 0.15) is 67.2 Å². The van der Waals surface area contributed by atoms with Crippen molar-refractivity contribution in [1.29, 1.82) is 0 Å². The molecule has 27 heavy (non-hydrogen) atoms. The number of halogens is 3. The van der Waals surface area contributed by atoms with E-state index in [0.717, 1.165) is 6.42 Å². The lowest BCUT2D eigenvalue weighted by Crippen LogP contribution is -2.76. The number of nitrogens with zero attached hydrogens (tertiary/aromatic N) is 2. The van der Waals surface area contributed by atoms with E-state index in [0.29, 0.717) is 13.1 Å². The van der Waals surface area contributed by atoms with Crippen LogP contribution in [0.5, 0.6) is 0 Å². The van der Waals surface area contributed by atoms with Crippen LogP contribution in [0.15, 0.2) is 0 Å². The first-order valence-electron chi connectivity index (χ1n) is 10.1. The lowest BCUT2D eigenvalue weighted by molar-refractivity contribution is -0.377. The number of amides is 1. The molecule has 1 unspecified atom stereocenters. The summed E-state index contributed by atoms with van der Waals surface area (Å²) in [6, 6.07) is 0.239. The van der Waals surface area contributed by atoms with Crippen molar-refractivity contribution in [3.8, 4) is 0 Å². The second kappa shape index (κ2) is 6.26. The van der Waals surface area contributed by atoms with Crippen molar-refractivity contribution < 1.29 is 22.7 Å². The summed E-state index contributed by atoms with van der Waals surface area (Å²) in [7, 11) is 0. The average Bonchev–Trinajstić information content (AvgIpc) is 2.39. The molecule has 0 aromatic rings. The molecule has 3 atom stereocenters. The normalized spacial score (nSPS) is 38.0. The molecule has 1 saturated heterocycles. The number of carbonyl (C=O) groups excluding carboxylic acids is 1. The van der Waals surface area contributed by atoms with Crippen LogP contribution in [0.25, 0.3) is 0 Å². The summed E-state index contributed by atoms with van der Waals surface area (Å²) in [6.45, 7) is 12.9. The standard InChI is InChI=1S/C20H33F3N2O2/c1-7-15(18-10-19(11-18,12-18)20(21,22)23)24-8-14(3)25(9-13(24)2)16(26)27-17(4,5)6/h13-15H,7-12H2,1-6H3/t13-,14+,15?,18?,19?/m1/s1. The van der Waals surface area contributed by atoms with Crippen LogP contribution in [0, 0.1) is 10.8 Å². The topological polar surface area (TPSA) is 32.8 Å². The van der Waals surface area contributed by atoms with E-state index in [-0.39, 0.29) is 48.9 Å². The predicted molar refractivity (Wildman–Crippen MR) is 97.4 cm³/mol. The lowest BCUT2D eigenvalue weighted by Gasteiger charge is -2.74. The van der Waals surface area contributed by atoms with E-state index in [2.05, 4.69) is 18.7 Å². The van der Waals surface area contributed by atoms with Gasteiger partial charge in [0.15, 0.2) is 0 Å². The molecule has 4 nitrogen and oxygen atoms in total. The summed E-state index contributed by atoms with van der Waals surface area (Å²) < 4.78 is 45.3. The molecule has 3 saturated carbocycles. The van der Waals surface area contributed by atoms with Gasteiger partial charge >= 0.3 is 12.3 Å². The van der Waals surface area contributed by atoms with Crippen LogP contribution >= 0.6 is 0 Å². The molecule has 1 amide bonds. The van der Waals surface area contributed by atoms with Gasteiger partial charge in [-0.1, -0.05) is 6.92 Å². The van der Waals surface area contributed by atoms with E-state index in [1.165, 1.54) is 0 Å². The second-order valence-electron chi connectivity index (χ2n) is 10.1. The summed E-state index contributed by atoms with van der Waals surface area (Å²) in [6.07, 6.45) is -2.71. The number of piperazine rings is 1. The van der Waals surface area contributed by atoms with Gasteiger partial charge < -0.3 is 9.64 Å². The van der Waals surface area contributed by atoms with Gasteiger partial charge in [0.25, 0.3) is 0 Å². The Labute approximate surface area is 160 Å². The van der Waals surface area contributed by atoms with Gasteiger partial charge in [-0.3, -0.25) is 4.90 Å². The Morgan fingerprint density at radius 3 is 2.11 bits per heavy atom. The van der Waals surface area contributed by atoms with Crippen LogP contribution < -0.4 is 0 Å². The van der Waals surface area contributed by atoms with E-state index in [1.807, 2.05) is 27.7 Å². The molecule has 156 valence electrons. The Kier molecular flexibility index (Phi) is 4.81. The number of hydrogen-bond donors (Lipinski definition) is 0. The van der Waals surface area contributed by atoms with Gasteiger partial charge in [-0.2, -0.15) is 13.2 Å². The third-order valence-electron chi connectivity index (χ3n) is 6.83. The molecule has 1 aliphatic heterocycles. The average molecular weight is 390 g/mol. The van der Waals surface area contributed by atoms with E-state index < -0.39 is 17.2 Å². The van der Waals surface area contributed by atoms with E-state index in [9.17, 15) is 18.0 Å². The van der Waals surface area contributed by atoms with Crippen molar-refractivity contribution in [3.63, 3.8) is 0 Å². The summed E-state index contributed by atoms with van der Waals surface area (Å²) in [5, 5.41) is 0. The molecule has 3 aliphatic carbocycles. The van der Waals surface area contributed by atoms with Crippen molar-refractivity contribution in [3.05, 3.63) is 0 Å². The fourth-order valence-corrected chi connectivity index (χ4v) is 5.70. The summed E-state index contributed by atoms with van der Waals surface area (Å²) in [5.74, 6) is 0. The molecule has 4 fully saturated rings. The highest BCUT2D eigenvalue weighted by Gasteiger charge is 2.80. The minimum Gasteiger partial charge on any atom is -0.444 e. The first kappa shape index (κ1) is 20.7. The summed E-state index contributed by atoms with van der Waals surface area (Å²) >= 11 is 0. The maximum Gasteiger partial charge on any atom is 0.410 e. The largest absolute Gasteiger partial charge is 0.444 e. The Balaban J connectivity index is 1.66. The van der Waals surface area contributed by atoms with Gasteiger partial charge in [0.2, 0.25) is 0 Å². The fraction of sp³-hybridized carbons (Fsp3) is 0.950. The van der Waals surface area contributed by atoms with Crippen LogP contribution in [0.4, 0.5) is 18.0 Å². The summed E-state index contributed by atoms with van der Waals surface area (Å²) in [5.41, 5.74) is -2.14. The van der Waals surface area contributed by atoms with Gasteiger partial charge in [-0.15, -0.1) is 0 Å². The number of carbonyl (C=O) groups is 1. The minimum atomic E-state index is -4.07. The molecule has 0 radical (unpaired) electrons. The highest BCUT2D eigenvalue weighted by molar-refractivity contribution is 5.68. The quantitative estimate of drug-likeness (QED) is 0.692. The van der Waals surface area contributed by atoms with Crippen molar-refractivity contribution in [2.75, 3.05) is 13.1 Å². The molecule has 2 bridgehead atoms. The molecule has 0 spiro atoms. The first-order chi connectivity index (χ1) is 12.2. The molecule has 4 rings (SSSR count). The Hall–Kier alpha value is -0.980. The van der Waals surface area contributed by atoms with E-state index in [4.69, 9.17) is 4.74 Å². The Morgan fingerprint density at radius 1 is 1.11 bits per heavy atom. The summed E-state index contributed by atoms with van der Waals surface area (Å²) in [4.78, 5) is 16.6. The van der Waals surface area contributed by atoms with Crippen molar-refractivity contribution >= 4 is 6.09 Å². The monoisotopic (exact) mass is 390 g/mol. The molecular weight excluding hydrogens is 357 g/mol. The highest BCUT2D eigenvalue weighted by atomic mass is 19.4. The second-order valence-corrected chi connectivity index (χ2v) is 10.1. The van der Waals surface area contributed by atoms with Crippen LogP contribution in [0.2, 0.25) is 0 Å². The van der Waals surface area contributed by atoms with Gasteiger partial charge in [0.05, 0.1) is 5.41 Å². The Bertz CT molecular complexity index is 579. The van der Waals surface area contributed by atoms with Crippen molar-refractivity contribution in [2.24, 2.45) is 10.8 Å². The smallest absolute Gasteiger partial charge is 0.410 e. The van der Waals surface area contributed by atoms with Crippen LogP contribution in [-0.2, 0) is 4.74 Å². The van der Waals surface area contributed by atoms with Gasteiger partial charge in [0, 0.05) is 31.2 Å². The zero-order chi connectivity index (χ0) is 20.4. The maximum absolute atomic E-state index is 13.2. The predicted octanol–water partition coefficient (Wildman–Crippen LogP) is 4.83.